The van der Waals surface area contributed by atoms with E-state index in [4.69, 9.17) is 46.8 Å². The van der Waals surface area contributed by atoms with Crippen LogP contribution in [0.5, 0.6) is 5.75 Å². The molecule has 3 aromatic rings. The maximum Gasteiger partial charge on any atom is 0.416 e. The van der Waals surface area contributed by atoms with Gasteiger partial charge in [-0.25, -0.2) is 13.2 Å². The van der Waals surface area contributed by atoms with E-state index in [0.717, 1.165) is 11.1 Å². The molecule has 0 atom stereocenters. The third kappa shape index (κ3) is 19.8. The molecule has 20 nitrogen and oxygen atoms in total. The van der Waals surface area contributed by atoms with Crippen LogP contribution >= 0.6 is 0 Å². The number of nitrogens with zero attached hydrogens (tertiary/aromatic N) is 3. The minimum absolute atomic E-state index is 0.0567. The van der Waals surface area contributed by atoms with Crippen LogP contribution in [0.15, 0.2) is 76.5 Å². The summed E-state index contributed by atoms with van der Waals surface area (Å²) < 4.78 is 109. The van der Waals surface area contributed by atoms with E-state index in [-0.39, 0.29) is 59.9 Å². The van der Waals surface area contributed by atoms with Crippen molar-refractivity contribution in [2.24, 2.45) is 0 Å². The van der Waals surface area contributed by atoms with Crippen molar-refractivity contribution in [3.8, 4) is 5.75 Å². The van der Waals surface area contributed by atoms with Gasteiger partial charge in [-0.2, -0.15) is 12.7 Å². The standard InChI is InChI=1S/C51H73N3O17S2/c1-39-8-14-43(15-9-39)73(60,61)69-35-33-67-31-29-65-27-25-63-23-22-62-24-26-64-28-30-66-32-34-68-42-12-10-40(11-13-42)41-18-20-53(21-19-41)72(58,59)44-16-17-45-46(36-44)54(49(57)71-51(5,6)7)38-52(48(45)56)37-47(55)70-50(2,3)4/h8-17,36,41H,18-35,37-38H2,1-7H3. The molecule has 0 aliphatic carbocycles. The number of rotatable bonds is 29. The highest BCUT2D eigenvalue weighted by molar-refractivity contribution is 7.89. The number of aryl methyl sites for hydroxylation is 1. The molecule has 2 aliphatic rings. The lowest BCUT2D eigenvalue weighted by molar-refractivity contribution is -0.155. The molecule has 2 aliphatic heterocycles. The van der Waals surface area contributed by atoms with E-state index in [1.165, 1.54) is 44.4 Å². The first-order valence-corrected chi connectivity index (χ1v) is 27.3. The van der Waals surface area contributed by atoms with Gasteiger partial charge in [0.15, 0.2) is 0 Å². The molecule has 1 saturated heterocycles. The second-order valence-electron chi connectivity index (χ2n) is 19.2. The van der Waals surface area contributed by atoms with E-state index in [0.29, 0.717) is 97.9 Å². The van der Waals surface area contributed by atoms with Crippen LogP contribution < -0.4 is 9.64 Å². The normalized spacial score (nSPS) is 15.1. The molecular weight excluding hydrogens is 991 g/mol. The highest BCUT2D eigenvalue weighted by Crippen LogP contribution is 2.35. The van der Waals surface area contributed by atoms with Crippen molar-refractivity contribution in [1.82, 2.24) is 9.21 Å². The van der Waals surface area contributed by atoms with Gasteiger partial charge in [0.25, 0.3) is 16.0 Å². The molecule has 0 aromatic heterocycles. The number of esters is 1. The number of carbonyl (C=O) groups is 3. The van der Waals surface area contributed by atoms with E-state index >= 15 is 0 Å². The van der Waals surface area contributed by atoms with Crippen LogP contribution in [0.25, 0.3) is 0 Å². The zero-order valence-corrected chi connectivity index (χ0v) is 44.8. The Morgan fingerprint density at radius 2 is 1.08 bits per heavy atom. The smallest absolute Gasteiger partial charge is 0.416 e. The molecule has 3 aromatic carbocycles. The fraction of sp³-hybridized carbons (Fsp3) is 0.588. The van der Waals surface area contributed by atoms with Gasteiger partial charge in [-0.15, -0.1) is 0 Å². The fourth-order valence-electron chi connectivity index (χ4n) is 7.49. The van der Waals surface area contributed by atoms with Crippen molar-refractivity contribution in [1.29, 1.82) is 0 Å². The van der Waals surface area contributed by atoms with Gasteiger partial charge in [-0.3, -0.25) is 18.7 Å². The number of piperidine rings is 1. The summed E-state index contributed by atoms with van der Waals surface area (Å²) in [7, 11) is -7.82. The molecule has 2 amide bonds. The van der Waals surface area contributed by atoms with Crippen molar-refractivity contribution in [3.63, 3.8) is 0 Å². The number of sulfonamides is 1. The van der Waals surface area contributed by atoms with Gasteiger partial charge >= 0.3 is 12.1 Å². The maximum absolute atomic E-state index is 14.0. The summed E-state index contributed by atoms with van der Waals surface area (Å²) in [5.41, 5.74) is 0.496. The lowest BCUT2D eigenvalue weighted by Crippen LogP contribution is -2.52. The Kier molecular flexibility index (Phi) is 22.9. The molecule has 0 saturated carbocycles. The summed E-state index contributed by atoms with van der Waals surface area (Å²) in [4.78, 5) is 42.1. The van der Waals surface area contributed by atoms with Crippen LogP contribution in [-0.2, 0) is 67.0 Å². The summed E-state index contributed by atoms with van der Waals surface area (Å²) in [6.07, 6.45) is 0.384. The van der Waals surface area contributed by atoms with Crippen molar-refractivity contribution in [2.45, 2.75) is 88.2 Å². The summed E-state index contributed by atoms with van der Waals surface area (Å²) in [6, 6.07) is 18.3. The third-order valence-electron chi connectivity index (χ3n) is 11.0. The van der Waals surface area contributed by atoms with E-state index in [2.05, 4.69) is 0 Å². The highest BCUT2D eigenvalue weighted by Gasteiger charge is 2.38. The number of ether oxygens (including phenoxy) is 9. The summed E-state index contributed by atoms with van der Waals surface area (Å²) in [5, 5.41) is 0. The highest BCUT2D eigenvalue weighted by atomic mass is 32.2. The first kappa shape index (κ1) is 59.1. The third-order valence-corrected chi connectivity index (χ3v) is 14.2. The average molecular weight is 1060 g/mol. The predicted octanol–water partition coefficient (Wildman–Crippen LogP) is 5.94. The van der Waals surface area contributed by atoms with Crippen LogP contribution in [-0.4, -0.2) is 174 Å². The molecule has 0 bridgehead atoms. The predicted molar refractivity (Wildman–Crippen MR) is 269 cm³/mol. The Hall–Kier alpha value is -4.75. The Morgan fingerprint density at radius 1 is 0.603 bits per heavy atom. The van der Waals surface area contributed by atoms with Gasteiger partial charge in [-0.1, -0.05) is 29.8 Å². The Labute approximate surface area is 430 Å². The van der Waals surface area contributed by atoms with Crippen molar-refractivity contribution >= 4 is 43.8 Å². The van der Waals surface area contributed by atoms with Gasteiger partial charge in [0, 0.05) is 13.1 Å². The van der Waals surface area contributed by atoms with E-state index in [1.807, 2.05) is 31.2 Å². The van der Waals surface area contributed by atoms with Crippen molar-refractivity contribution in [3.05, 3.63) is 83.4 Å². The molecule has 2 heterocycles. The van der Waals surface area contributed by atoms with E-state index in [9.17, 15) is 31.2 Å². The number of fused-ring (bicyclic) bond motifs is 1. The number of hydrogen-bond donors (Lipinski definition) is 0. The molecular formula is C51H73N3O17S2. The van der Waals surface area contributed by atoms with Gasteiger partial charge < -0.3 is 47.5 Å². The first-order valence-electron chi connectivity index (χ1n) is 24.4. The monoisotopic (exact) mass is 1060 g/mol. The largest absolute Gasteiger partial charge is 0.491 e. The Morgan fingerprint density at radius 3 is 1.59 bits per heavy atom. The molecule has 0 spiro atoms. The van der Waals surface area contributed by atoms with Gasteiger partial charge in [0.1, 0.15) is 36.8 Å². The maximum atomic E-state index is 14.0. The van der Waals surface area contributed by atoms with Crippen LogP contribution in [0, 0.1) is 6.92 Å². The zero-order chi connectivity index (χ0) is 53.1. The fourth-order valence-corrected chi connectivity index (χ4v) is 9.88. The molecule has 0 radical (unpaired) electrons. The Bertz CT molecular complexity index is 2430. The summed E-state index contributed by atoms with van der Waals surface area (Å²) in [5.74, 6) is -0.376. The topological polar surface area (TPSA) is 222 Å². The van der Waals surface area contributed by atoms with Crippen molar-refractivity contribution < 1.29 is 78.0 Å². The van der Waals surface area contributed by atoms with E-state index < -0.39 is 55.9 Å². The minimum Gasteiger partial charge on any atom is -0.491 e. The minimum atomic E-state index is -4.01. The molecule has 5 rings (SSSR count). The van der Waals surface area contributed by atoms with Crippen LogP contribution in [0.2, 0.25) is 0 Å². The van der Waals surface area contributed by atoms with Crippen molar-refractivity contribution in [2.75, 3.05) is 124 Å². The van der Waals surface area contributed by atoms with Crippen LogP contribution in [0.1, 0.15) is 81.8 Å². The zero-order valence-electron chi connectivity index (χ0n) is 43.2. The molecule has 406 valence electrons. The summed E-state index contributed by atoms with van der Waals surface area (Å²) in [6.45, 7) is 16.6. The molecule has 1 fully saturated rings. The number of anilines is 1. The molecule has 0 N–H and O–H groups in total. The summed E-state index contributed by atoms with van der Waals surface area (Å²) >= 11 is 0. The molecule has 73 heavy (non-hydrogen) atoms. The van der Waals surface area contributed by atoms with Crippen LogP contribution in [0.4, 0.5) is 10.5 Å². The molecule has 0 unspecified atom stereocenters. The second kappa shape index (κ2) is 28.2. The lowest BCUT2D eigenvalue weighted by Gasteiger charge is -2.37. The van der Waals surface area contributed by atoms with Crippen LogP contribution in [0.3, 0.4) is 0 Å². The van der Waals surface area contributed by atoms with Gasteiger partial charge in [0.05, 0.1) is 107 Å². The average Bonchev–Trinajstić information content (AvgIpc) is 3.33. The van der Waals surface area contributed by atoms with Gasteiger partial charge in [0.2, 0.25) is 10.0 Å². The van der Waals surface area contributed by atoms with Gasteiger partial charge in [-0.05, 0) is 115 Å². The number of carbonyl (C=O) groups excluding carboxylic acids is 3. The molecule has 22 heteroatoms. The number of amides is 2. The lowest BCUT2D eigenvalue weighted by atomic mass is 9.90. The SMILES string of the molecule is Cc1ccc(S(=O)(=O)OCCOCCOCCOCCOCCOCCOCCOc2ccc(C3CCN(S(=O)(=O)c4ccc5c(c4)N(C(=O)OC(C)(C)C)CN(CC(=O)OC(C)(C)C)C5=O)CC3)cc2)cc1. The Balaban J connectivity index is 0.896. The quantitative estimate of drug-likeness (QED) is 0.0446. The number of hydrogen-bond acceptors (Lipinski definition) is 17. The second-order valence-corrected chi connectivity index (χ2v) is 22.7. The first-order chi connectivity index (χ1) is 34.6. The number of benzene rings is 3. The van der Waals surface area contributed by atoms with E-state index in [1.54, 1.807) is 53.7 Å².